The molecule has 8 nitrogen and oxygen atoms in total. The van der Waals surface area contributed by atoms with Crippen LogP contribution in [0, 0.1) is 0 Å². The fourth-order valence-corrected chi connectivity index (χ4v) is 6.40. The Morgan fingerprint density at radius 1 is 1.21 bits per heavy atom. The third-order valence-corrected chi connectivity index (χ3v) is 8.12. The van der Waals surface area contributed by atoms with E-state index in [1.54, 1.807) is 6.07 Å². The van der Waals surface area contributed by atoms with Gasteiger partial charge >= 0.3 is 37.2 Å². The van der Waals surface area contributed by atoms with Gasteiger partial charge in [0.05, 0.1) is 6.10 Å². The van der Waals surface area contributed by atoms with Crippen LogP contribution in [0.5, 0.6) is 0 Å². The quantitative estimate of drug-likeness (QED) is 0.256. The van der Waals surface area contributed by atoms with Gasteiger partial charge in [0.15, 0.2) is 12.5 Å². The van der Waals surface area contributed by atoms with Crippen molar-refractivity contribution in [3.8, 4) is 0 Å². The van der Waals surface area contributed by atoms with E-state index in [0.29, 0.717) is 6.42 Å². The van der Waals surface area contributed by atoms with Crippen LogP contribution in [0.3, 0.4) is 0 Å². The molecule has 0 aliphatic heterocycles. The van der Waals surface area contributed by atoms with Gasteiger partial charge in [-0.05, 0) is 36.1 Å². The summed E-state index contributed by atoms with van der Waals surface area (Å²) in [6.07, 6.45) is 0.0720. The van der Waals surface area contributed by atoms with E-state index in [-0.39, 0.29) is 53.6 Å². The Morgan fingerprint density at radius 3 is 2.29 bits per heavy atom. The molecular formula is C13H18NNaO7P2. The first-order valence-corrected chi connectivity index (χ1v) is 10.1. The molecule has 0 saturated carbocycles. The standard InChI is InChI=1S/C13H19NO7P2.Na/c14-7-3-6-12(15)11-8-9-4-1-2-5-10(9)13(11,22(16,17)18)23(19,20)21;/h1-2,4-5,8,12,15H,3,6-7,14H2,(H2,16,17,18)(H2,19,20,21);/q;+1/p-1. The molecule has 128 valence electrons. The van der Waals surface area contributed by atoms with E-state index in [4.69, 9.17) is 5.73 Å². The van der Waals surface area contributed by atoms with Crippen LogP contribution in [0.4, 0.5) is 0 Å². The molecule has 1 aliphatic carbocycles. The van der Waals surface area contributed by atoms with Crippen molar-refractivity contribution < 1.29 is 63.4 Å². The first-order chi connectivity index (χ1) is 10.6. The summed E-state index contributed by atoms with van der Waals surface area (Å²) in [6, 6.07) is 5.64. The molecule has 0 heterocycles. The van der Waals surface area contributed by atoms with Crippen LogP contribution in [-0.2, 0) is 14.0 Å². The van der Waals surface area contributed by atoms with Crippen molar-refractivity contribution >= 4 is 21.3 Å². The number of rotatable bonds is 6. The predicted octanol–water partition coefficient (Wildman–Crippen LogP) is -2.94. The molecule has 1 aliphatic rings. The minimum absolute atomic E-state index is 0. The van der Waals surface area contributed by atoms with Gasteiger partial charge in [-0.15, -0.1) is 0 Å². The summed E-state index contributed by atoms with van der Waals surface area (Å²) in [6.45, 7) is 0.217. The van der Waals surface area contributed by atoms with Crippen molar-refractivity contribution in [2.24, 2.45) is 5.73 Å². The molecule has 0 bridgehead atoms. The Balaban J connectivity index is 0.00000288. The third-order valence-electron chi connectivity index (χ3n) is 3.92. The molecule has 0 amide bonds. The SMILES string of the molecule is NCCCC(O)C1=Cc2ccccc2C1(P(=O)([O-])O)P(=O)(O)O.[Na+]. The van der Waals surface area contributed by atoms with Crippen molar-refractivity contribution in [3.63, 3.8) is 0 Å². The van der Waals surface area contributed by atoms with Crippen LogP contribution in [0.15, 0.2) is 29.8 Å². The van der Waals surface area contributed by atoms with Crippen LogP contribution in [0.1, 0.15) is 24.0 Å². The maximum Gasteiger partial charge on any atom is 1.00 e. The summed E-state index contributed by atoms with van der Waals surface area (Å²) in [5, 5.41) is 10.3. The van der Waals surface area contributed by atoms with Crippen molar-refractivity contribution in [1.29, 1.82) is 0 Å². The van der Waals surface area contributed by atoms with E-state index < -0.39 is 31.8 Å². The van der Waals surface area contributed by atoms with Crippen molar-refractivity contribution in [1.82, 2.24) is 0 Å². The van der Waals surface area contributed by atoms with Gasteiger partial charge in [-0.1, -0.05) is 30.3 Å². The fraction of sp³-hybridized carbons (Fsp3) is 0.385. The largest absolute Gasteiger partial charge is 1.00 e. The van der Waals surface area contributed by atoms with Gasteiger partial charge in [-0.3, -0.25) is 4.57 Å². The number of fused-ring (bicyclic) bond motifs is 1. The summed E-state index contributed by atoms with van der Waals surface area (Å²) in [5.74, 6) is 0. The van der Waals surface area contributed by atoms with Gasteiger partial charge < -0.3 is 35.0 Å². The molecule has 0 saturated heterocycles. The van der Waals surface area contributed by atoms with E-state index >= 15 is 0 Å². The Kier molecular flexibility index (Phi) is 7.24. The Bertz CT molecular complexity index is 705. The molecule has 11 heteroatoms. The average molecular weight is 385 g/mol. The zero-order valence-electron chi connectivity index (χ0n) is 13.1. The molecule has 0 radical (unpaired) electrons. The Labute approximate surface area is 161 Å². The van der Waals surface area contributed by atoms with Gasteiger partial charge in [0, 0.05) is 0 Å². The second-order valence-electron chi connectivity index (χ2n) is 5.37. The van der Waals surface area contributed by atoms with E-state index in [9.17, 15) is 33.8 Å². The Hall–Kier alpha value is 0.180. The summed E-state index contributed by atoms with van der Waals surface area (Å²) in [5.41, 5.74) is 4.90. The van der Waals surface area contributed by atoms with Gasteiger partial charge in [0.1, 0.15) is 0 Å². The maximum absolute atomic E-state index is 12.1. The smallest absolute Gasteiger partial charge is 0.777 e. The first kappa shape index (κ1) is 22.2. The van der Waals surface area contributed by atoms with E-state index in [1.807, 2.05) is 0 Å². The molecular weight excluding hydrogens is 367 g/mol. The Morgan fingerprint density at radius 2 is 1.79 bits per heavy atom. The number of aliphatic hydroxyl groups is 1. The number of hydrogen-bond acceptors (Lipinski definition) is 5. The number of nitrogens with two attached hydrogens (primary N) is 1. The van der Waals surface area contributed by atoms with Gasteiger partial charge in [-0.2, -0.15) is 0 Å². The van der Waals surface area contributed by atoms with Gasteiger partial charge in [0.25, 0.3) is 0 Å². The van der Waals surface area contributed by atoms with Crippen molar-refractivity contribution in [2.45, 2.75) is 23.8 Å². The van der Waals surface area contributed by atoms with Gasteiger partial charge in [-0.25, -0.2) is 0 Å². The van der Waals surface area contributed by atoms with Crippen LogP contribution in [0.25, 0.3) is 6.08 Å². The molecule has 3 unspecified atom stereocenters. The van der Waals surface area contributed by atoms with E-state index in [2.05, 4.69) is 0 Å². The third kappa shape index (κ3) is 3.52. The average Bonchev–Trinajstić information content (AvgIpc) is 2.80. The van der Waals surface area contributed by atoms with E-state index in [1.165, 1.54) is 24.3 Å². The minimum atomic E-state index is -5.61. The molecule has 0 aromatic heterocycles. The van der Waals surface area contributed by atoms with Crippen LogP contribution in [-0.4, -0.2) is 32.4 Å². The zero-order chi connectivity index (χ0) is 17.5. The molecule has 24 heavy (non-hydrogen) atoms. The van der Waals surface area contributed by atoms with Gasteiger partial charge in [0.2, 0.25) is 0 Å². The van der Waals surface area contributed by atoms with Crippen molar-refractivity contribution in [3.05, 3.63) is 41.0 Å². The topological polar surface area (TPSA) is 164 Å². The molecule has 3 atom stereocenters. The van der Waals surface area contributed by atoms with Crippen LogP contribution in [0.2, 0.25) is 0 Å². The number of hydrogen-bond donors (Lipinski definition) is 5. The predicted molar refractivity (Wildman–Crippen MR) is 82.3 cm³/mol. The summed E-state index contributed by atoms with van der Waals surface area (Å²) < 4.78 is 24.2. The first-order valence-electron chi connectivity index (χ1n) is 6.86. The molecule has 1 aromatic rings. The molecule has 0 fully saturated rings. The number of aliphatic hydroxyl groups excluding tert-OH is 1. The summed E-state index contributed by atoms with van der Waals surface area (Å²) in [7, 11) is -11.0. The molecule has 6 N–H and O–H groups in total. The number of benzene rings is 1. The molecule has 0 spiro atoms. The second-order valence-corrected chi connectivity index (χ2v) is 9.19. The van der Waals surface area contributed by atoms with Crippen LogP contribution >= 0.6 is 15.2 Å². The van der Waals surface area contributed by atoms with Crippen LogP contribution < -0.4 is 40.2 Å². The normalized spacial score (nSPS) is 23.7. The molecule has 1 aromatic carbocycles. The summed E-state index contributed by atoms with van der Waals surface area (Å²) in [4.78, 5) is 38.4. The monoisotopic (exact) mass is 385 g/mol. The molecule has 2 rings (SSSR count). The fourth-order valence-electron chi connectivity index (χ4n) is 2.96. The van der Waals surface area contributed by atoms with E-state index in [0.717, 1.165) is 0 Å². The zero-order valence-corrected chi connectivity index (χ0v) is 16.9. The second kappa shape index (κ2) is 7.82. The van der Waals surface area contributed by atoms with Crippen molar-refractivity contribution in [2.75, 3.05) is 6.54 Å². The summed E-state index contributed by atoms with van der Waals surface area (Å²) >= 11 is 0. The minimum Gasteiger partial charge on any atom is -0.777 e. The maximum atomic E-state index is 12.1.